The monoisotopic (exact) mass is 248 g/mol. The zero-order chi connectivity index (χ0) is 13.1. The molecule has 1 aromatic rings. The zero-order valence-electron chi connectivity index (χ0n) is 8.31. The van der Waals surface area contributed by atoms with Crippen molar-refractivity contribution in [3.63, 3.8) is 0 Å². The minimum atomic E-state index is -5.15. The van der Waals surface area contributed by atoms with E-state index in [1.54, 1.807) is 0 Å². The Hall–Kier alpha value is -2.12. The summed E-state index contributed by atoms with van der Waals surface area (Å²) in [5, 5.41) is 8.47. The first-order valence-electron chi connectivity index (χ1n) is 4.34. The van der Waals surface area contributed by atoms with Crippen LogP contribution < -0.4 is 4.90 Å². The van der Waals surface area contributed by atoms with Gasteiger partial charge < -0.3 is 5.11 Å². The number of nitrogens with zero attached hydrogens (tertiary/aromatic N) is 2. The quantitative estimate of drug-likeness (QED) is 0.868. The molecule has 0 atom stereocenters. The van der Waals surface area contributed by atoms with Crippen LogP contribution in [0, 0.1) is 0 Å². The molecule has 92 valence electrons. The third kappa shape index (κ3) is 3.44. The van der Waals surface area contributed by atoms with Gasteiger partial charge in [-0.1, -0.05) is 6.07 Å². The van der Waals surface area contributed by atoms with Crippen LogP contribution in [0.3, 0.4) is 0 Å². The van der Waals surface area contributed by atoms with E-state index in [0.717, 1.165) is 12.3 Å². The molecule has 0 spiro atoms. The number of amides is 1. The van der Waals surface area contributed by atoms with Crippen molar-refractivity contribution in [1.29, 1.82) is 0 Å². The van der Waals surface area contributed by atoms with Crippen molar-refractivity contribution in [2.75, 3.05) is 11.4 Å². The normalized spacial score (nSPS) is 11.0. The molecule has 0 saturated carbocycles. The number of carboxylic acid groups (broad SMARTS) is 1. The van der Waals surface area contributed by atoms with Gasteiger partial charge in [0.1, 0.15) is 12.4 Å². The van der Waals surface area contributed by atoms with Crippen LogP contribution in [-0.2, 0) is 9.59 Å². The van der Waals surface area contributed by atoms with Gasteiger partial charge in [0.15, 0.2) is 0 Å². The second-order valence-electron chi connectivity index (χ2n) is 2.97. The molecule has 0 radical (unpaired) electrons. The predicted octanol–water partition coefficient (Wildman–Crippen LogP) is 1.06. The maximum atomic E-state index is 12.2. The van der Waals surface area contributed by atoms with Gasteiger partial charge in [-0.3, -0.25) is 14.5 Å². The number of aromatic nitrogens is 1. The molecule has 0 aromatic carbocycles. The molecular weight excluding hydrogens is 241 g/mol. The highest BCUT2D eigenvalue weighted by Gasteiger charge is 2.44. The summed E-state index contributed by atoms with van der Waals surface area (Å²) in [7, 11) is 0. The number of carbonyl (C=O) groups excluding carboxylic acids is 1. The van der Waals surface area contributed by atoms with Gasteiger partial charge in [0.05, 0.1) is 0 Å². The molecule has 1 rings (SSSR count). The Bertz CT molecular complexity index is 419. The maximum absolute atomic E-state index is 12.2. The van der Waals surface area contributed by atoms with E-state index in [1.807, 2.05) is 0 Å². The zero-order valence-corrected chi connectivity index (χ0v) is 8.31. The summed E-state index contributed by atoms with van der Waals surface area (Å²) in [4.78, 5) is 25.0. The summed E-state index contributed by atoms with van der Waals surface area (Å²) >= 11 is 0. The van der Waals surface area contributed by atoms with E-state index in [9.17, 15) is 22.8 Å². The summed E-state index contributed by atoms with van der Waals surface area (Å²) in [6.07, 6.45) is -3.99. The molecule has 0 bridgehead atoms. The van der Waals surface area contributed by atoms with E-state index in [4.69, 9.17) is 5.11 Å². The molecule has 0 aliphatic rings. The summed E-state index contributed by atoms with van der Waals surface area (Å²) in [5.74, 6) is -4.19. The van der Waals surface area contributed by atoms with Crippen LogP contribution >= 0.6 is 0 Å². The Morgan fingerprint density at radius 1 is 1.35 bits per heavy atom. The van der Waals surface area contributed by atoms with E-state index in [1.165, 1.54) is 12.1 Å². The molecule has 8 heteroatoms. The third-order valence-electron chi connectivity index (χ3n) is 1.71. The fourth-order valence-electron chi connectivity index (χ4n) is 1.06. The number of anilines is 1. The third-order valence-corrected chi connectivity index (χ3v) is 1.71. The Morgan fingerprint density at radius 2 is 2.00 bits per heavy atom. The van der Waals surface area contributed by atoms with Gasteiger partial charge >= 0.3 is 18.1 Å². The van der Waals surface area contributed by atoms with Crippen molar-refractivity contribution in [2.45, 2.75) is 6.18 Å². The van der Waals surface area contributed by atoms with Crippen LogP contribution in [0.4, 0.5) is 19.0 Å². The Labute approximate surface area is 93.5 Å². The van der Waals surface area contributed by atoms with E-state index in [-0.39, 0.29) is 10.7 Å². The van der Waals surface area contributed by atoms with Gasteiger partial charge in [0.25, 0.3) is 0 Å². The lowest BCUT2D eigenvalue weighted by molar-refractivity contribution is -0.171. The number of carboxylic acids is 1. The maximum Gasteiger partial charge on any atom is 0.471 e. The molecule has 0 saturated heterocycles. The summed E-state index contributed by atoms with van der Waals surface area (Å²) < 4.78 is 36.7. The van der Waals surface area contributed by atoms with Crippen LogP contribution in [0.25, 0.3) is 0 Å². The smallest absolute Gasteiger partial charge is 0.471 e. The fraction of sp³-hybridized carbons (Fsp3) is 0.222. The van der Waals surface area contributed by atoms with Crippen LogP contribution in [0.5, 0.6) is 0 Å². The lowest BCUT2D eigenvalue weighted by Crippen LogP contribution is -2.44. The molecule has 0 fully saturated rings. The standard InChI is InChI=1S/C9H7F3N2O3/c10-9(11,12)8(17)14(5-7(15)16)6-3-1-2-4-13-6/h1-4H,5H2,(H,15,16). The number of hydrogen-bond donors (Lipinski definition) is 1. The second kappa shape index (κ2) is 4.81. The van der Waals surface area contributed by atoms with Crippen molar-refractivity contribution in [2.24, 2.45) is 0 Å². The molecule has 5 nitrogen and oxygen atoms in total. The minimum Gasteiger partial charge on any atom is -0.480 e. The van der Waals surface area contributed by atoms with E-state index >= 15 is 0 Å². The Kier molecular flexibility index (Phi) is 3.66. The summed E-state index contributed by atoms with van der Waals surface area (Å²) in [6.45, 7) is -1.10. The fourth-order valence-corrected chi connectivity index (χ4v) is 1.06. The first-order chi connectivity index (χ1) is 7.82. The van der Waals surface area contributed by atoms with E-state index < -0.39 is 24.6 Å². The average molecular weight is 248 g/mol. The van der Waals surface area contributed by atoms with Crippen molar-refractivity contribution < 1.29 is 27.9 Å². The lowest BCUT2D eigenvalue weighted by Gasteiger charge is -2.20. The highest BCUT2D eigenvalue weighted by atomic mass is 19.4. The highest BCUT2D eigenvalue weighted by molar-refractivity contribution is 5.99. The number of aliphatic carboxylic acids is 1. The van der Waals surface area contributed by atoms with Crippen molar-refractivity contribution >= 4 is 17.7 Å². The molecule has 17 heavy (non-hydrogen) atoms. The number of carbonyl (C=O) groups is 2. The Morgan fingerprint density at radius 3 is 2.41 bits per heavy atom. The van der Waals surface area contributed by atoms with Crippen LogP contribution in [0.1, 0.15) is 0 Å². The molecule has 0 aliphatic heterocycles. The molecule has 1 N–H and O–H groups in total. The lowest BCUT2D eigenvalue weighted by atomic mass is 10.4. The van der Waals surface area contributed by atoms with Gasteiger partial charge in [-0.05, 0) is 12.1 Å². The topological polar surface area (TPSA) is 70.5 Å². The summed E-state index contributed by atoms with van der Waals surface area (Å²) in [5.41, 5.74) is 0. The first kappa shape index (κ1) is 12.9. The minimum absolute atomic E-state index is 0.0579. The molecule has 1 amide bonds. The van der Waals surface area contributed by atoms with Gasteiger partial charge in [0, 0.05) is 6.20 Å². The van der Waals surface area contributed by atoms with Crippen LogP contribution in [0.15, 0.2) is 24.4 Å². The largest absolute Gasteiger partial charge is 0.480 e. The van der Waals surface area contributed by atoms with Gasteiger partial charge in [-0.15, -0.1) is 0 Å². The van der Waals surface area contributed by atoms with Crippen molar-refractivity contribution in [1.82, 2.24) is 4.98 Å². The number of rotatable bonds is 3. The number of alkyl halides is 3. The molecule has 1 heterocycles. The van der Waals surface area contributed by atoms with Crippen LogP contribution in [0.2, 0.25) is 0 Å². The predicted molar refractivity (Wildman–Crippen MR) is 50.3 cm³/mol. The van der Waals surface area contributed by atoms with Crippen LogP contribution in [-0.4, -0.2) is 34.7 Å². The van der Waals surface area contributed by atoms with E-state index in [2.05, 4.69) is 4.98 Å². The molecule has 0 aliphatic carbocycles. The SMILES string of the molecule is O=C(O)CN(C(=O)C(F)(F)F)c1ccccn1. The van der Waals surface area contributed by atoms with Crippen molar-refractivity contribution in [3.05, 3.63) is 24.4 Å². The number of halogens is 3. The number of hydrogen-bond acceptors (Lipinski definition) is 3. The first-order valence-corrected chi connectivity index (χ1v) is 4.34. The van der Waals surface area contributed by atoms with Crippen molar-refractivity contribution in [3.8, 4) is 0 Å². The van der Waals surface area contributed by atoms with Gasteiger partial charge in [-0.2, -0.15) is 13.2 Å². The molecule has 1 aromatic heterocycles. The van der Waals surface area contributed by atoms with Gasteiger partial charge in [0.2, 0.25) is 0 Å². The highest BCUT2D eigenvalue weighted by Crippen LogP contribution is 2.21. The van der Waals surface area contributed by atoms with Gasteiger partial charge in [-0.25, -0.2) is 4.98 Å². The number of pyridine rings is 1. The van der Waals surface area contributed by atoms with E-state index in [0.29, 0.717) is 0 Å². The summed E-state index contributed by atoms with van der Waals surface area (Å²) in [6, 6.07) is 3.90. The second-order valence-corrected chi connectivity index (χ2v) is 2.97. The Balaban J connectivity index is 3.05. The average Bonchev–Trinajstić information content (AvgIpc) is 2.24. The molecular formula is C9H7F3N2O3. The molecule has 0 unspecified atom stereocenters.